The van der Waals surface area contributed by atoms with E-state index in [2.05, 4.69) is 10.2 Å². The van der Waals surface area contributed by atoms with Crippen molar-refractivity contribution in [1.29, 1.82) is 0 Å². The van der Waals surface area contributed by atoms with Gasteiger partial charge in [0.2, 0.25) is 0 Å². The maximum atomic E-state index is 11.6. The molecule has 0 aromatic heterocycles. The fourth-order valence-corrected chi connectivity index (χ4v) is 1.06. The third-order valence-corrected chi connectivity index (χ3v) is 1.90. The smallest absolute Gasteiger partial charge is 0.317 e. The highest BCUT2D eigenvalue weighted by Gasteiger charge is 2.11. The van der Waals surface area contributed by atoms with Gasteiger partial charge in [-0.25, -0.2) is 4.79 Å². The molecule has 0 atom stereocenters. The average molecular weight is 203 g/mol. The highest BCUT2D eigenvalue weighted by molar-refractivity contribution is 5.74. The molecule has 4 heteroatoms. The van der Waals surface area contributed by atoms with Crippen LogP contribution in [0.5, 0.6) is 0 Å². The molecular weight excluding hydrogens is 178 g/mol. The summed E-state index contributed by atoms with van der Waals surface area (Å²) in [7, 11) is 4.02. The number of likely N-dealkylation sites (N-methyl/N-ethyl adjacent to an activating group) is 2. The van der Waals surface area contributed by atoms with Crippen molar-refractivity contribution in [2.75, 3.05) is 33.7 Å². The lowest BCUT2D eigenvalue weighted by Gasteiger charge is -2.24. The molecule has 0 spiro atoms. The molecular formula is C10H25N3O. The van der Waals surface area contributed by atoms with E-state index in [-0.39, 0.29) is 13.5 Å². The largest absolute Gasteiger partial charge is 0.336 e. The highest BCUT2D eigenvalue weighted by atomic mass is 16.2. The van der Waals surface area contributed by atoms with Gasteiger partial charge in [0.25, 0.3) is 0 Å². The molecule has 2 amide bonds. The van der Waals surface area contributed by atoms with E-state index in [4.69, 9.17) is 0 Å². The van der Waals surface area contributed by atoms with Gasteiger partial charge < -0.3 is 15.1 Å². The SMILES string of the molecule is CCN(CCN(C)C)C(=O)NC(C)C.[HH]. The second kappa shape index (κ2) is 6.65. The van der Waals surface area contributed by atoms with E-state index in [0.717, 1.165) is 19.6 Å². The molecule has 0 heterocycles. The molecule has 0 saturated carbocycles. The van der Waals surface area contributed by atoms with Gasteiger partial charge in [0.05, 0.1) is 0 Å². The van der Waals surface area contributed by atoms with Crippen molar-refractivity contribution in [3.8, 4) is 0 Å². The van der Waals surface area contributed by atoms with Gasteiger partial charge >= 0.3 is 6.03 Å². The van der Waals surface area contributed by atoms with Crippen LogP contribution in [0.3, 0.4) is 0 Å². The zero-order valence-electron chi connectivity index (χ0n) is 10.0. The molecule has 0 radical (unpaired) electrons. The fraction of sp³-hybridized carbons (Fsp3) is 0.900. The summed E-state index contributed by atoms with van der Waals surface area (Å²) in [6.45, 7) is 8.37. The number of hydrogen-bond donors (Lipinski definition) is 1. The minimum Gasteiger partial charge on any atom is -0.336 e. The van der Waals surface area contributed by atoms with Gasteiger partial charge in [-0.15, -0.1) is 0 Å². The normalized spacial score (nSPS) is 10.8. The van der Waals surface area contributed by atoms with Crippen LogP contribution < -0.4 is 5.32 Å². The van der Waals surface area contributed by atoms with E-state index in [1.807, 2.05) is 39.8 Å². The Morgan fingerprint density at radius 3 is 2.29 bits per heavy atom. The van der Waals surface area contributed by atoms with Crippen molar-refractivity contribution in [3.63, 3.8) is 0 Å². The average Bonchev–Trinajstić information content (AvgIpc) is 2.03. The number of amides is 2. The summed E-state index contributed by atoms with van der Waals surface area (Å²) in [5, 5.41) is 2.89. The van der Waals surface area contributed by atoms with Crippen molar-refractivity contribution in [2.45, 2.75) is 26.8 Å². The second-order valence-electron chi connectivity index (χ2n) is 3.99. The van der Waals surface area contributed by atoms with Crippen molar-refractivity contribution in [2.24, 2.45) is 0 Å². The standard InChI is InChI=1S/C10H23N3O.H2/c1-6-13(8-7-12(4)5)10(14)11-9(2)3;/h9H,6-8H2,1-5H3,(H,11,14);1H. The van der Waals surface area contributed by atoms with Crippen LogP contribution in [0, 0.1) is 0 Å². The van der Waals surface area contributed by atoms with E-state index in [1.165, 1.54) is 0 Å². The van der Waals surface area contributed by atoms with E-state index in [0.29, 0.717) is 0 Å². The molecule has 0 saturated heterocycles. The van der Waals surface area contributed by atoms with Crippen molar-refractivity contribution in [3.05, 3.63) is 0 Å². The lowest BCUT2D eigenvalue weighted by Crippen LogP contribution is -2.45. The van der Waals surface area contributed by atoms with Gasteiger partial charge in [-0.05, 0) is 34.9 Å². The lowest BCUT2D eigenvalue weighted by molar-refractivity contribution is 0.192. The molecule has 0 bridgehead atoms. The molecule has 4 nitrogen and oxygen atoms in total. The number of carbonyl (C=O) groups excluding carboxylic acids is 1. The molecule has 0 aromatic rings. The number of nitrogens with zero attached hydrogens (tertiary/aromatic N) is 2. The summed E-state index contributed by atoms with van der Waals surface area (Å²) in [5.41, 5.74) is 0. The second-order valence-corrected chi connectivity index (χ2v) is 3.99. The summed E-state index contributed by atoms with van der Waals surface area (Å²) in [5.74, 6) is 0. The maximum Gasteiger partial charge on any atom is 0.317 e. The van der Waals surface area contributed by atoms with Gasteiger partial charge in [-0.1, -0.05) is 0 Å². The molecule has 1 N–H and O–H groups in total. The molecule has 0 aliphatic heterocycles. The van der Waals surface area contributed by atoms with Crippen LogP contribution in [-0.2, 0) is 0 Å². The first kappa shape index (κ1) is 13.2. The Balaban J connectivity index is 0. The van der Waals surface area contributed by atoms with E-state index >= 15 is 0 Å². The Hall–Kier alpha value is -0.770. The van der Waals surface area contributed by atoms with Gasteiger partial charge in [0.15, 0.2) is 0 Å². The van der Waals surface area contributed by atoms with Crippen molar-refractivity contribution < 1.29 is 6.22 Å². The third kappa shape index (κ3) is 5.80. The zero-order valence-corrected chi connectivity index (χ0v) is 10.0. The van der Waals surface area contributed by atoms with E-state index < -0.39 is 0 Å². The summed E-state index contributed by atoms with van der Waals surface area (Å²) < 4.78 is 0. The van der Waals surface area contributed by atoms with Gasteiger partial charge in [0, 0.05) is 27.1 Å². The van der Waals surface area contributed by atoms with Crippen molar-refractivity contribution in [1.82, 2.24) is 15.1 Å². The Labute approximate surface area is 88.7 Å². The summed E-state index contributed by atoms with van der Waals surface area (Å²) in [4.78, 5) is 15.5. The van der Waals surface area contributed by atoms with Crippen molar-refractivity contribution >= 4 is 6.03 Å². The molecule has 0 aliphatic rings. The number of hydrogen-bond acceptors (Lipinski definition) is 2. The van der Waals surface area contributed by atoms with Gasteiger partial charge in [-0.2, -0.15) is 0 Å². The molecule has 0 aliphatic carbocycles. The first-order valence-electron chi connectivity index (χ1n) is 5.17. The fourth-order valence-electron chi connectivity index (χ4n) is 1.06. The number of nitrogens with one attached hydrogen (secondary N) is 1. The Kier molecular flexibility index (Phi) is 6.28. The molecule has 0 aromatic carbocycles. The number of carbonyl (C=O) groups is 1. The molecule has 0 fully saturated rings. The van der Waals surface area contributed by atoms with Crippen LogP contribution in [0.1, 0.15) is 22.2 Å². The quantitative estimate of drug-likeness (QED) is 0.729. The zero-order chi connectivity index (χ0) is 11.1. The predicted octanol–water partition coefficient (Wildman–Crippen LogP) is 1.23. The minimum absolute atomic E-state index is 0. The maximum absolute atomic E-state index is 11.6. The summed E-state index contributed by atoms with van der Waals surface area (Å²) in [6, 6.07) is 0.236. The first-order valence-corrected chi connectivity index (χ1v) is 5.17. The summed E-state index contributed by atoms with van der Waals surface area (Å²) >= 11 is 0. The van der Waals surface area contributed by atoms with Gasteiger partial charge in [0.1, 0.15) is 0 Å². The van der Waals surface area contributed by atoms with Crippen LogP contribution in [0.15, 0.2) is 0 Å². The monoisotopic (exact) mass is 203 g/mol. The highest BCUT2D eigenvalue weighted by Crippen LogP contribution is 1.91. The minimum atomic E-state index is 0. The number of rotatable bonds is 5. The summed E-state index contributed by atoms with van der Waals surface area (Å²) in [6.07, 6.45) is 0. The Morgan fingerprint density at radius 1 is 1.36 bits per heavy atom. The lowest BCUT2D eigenvalue weighted by atomic mass is 10.4. The van der Waals surface area contributed by atoms with Crippen LogP contribution in [0.4, 0.5) is 4.79 Å². The van der Waals surface area contributed by atoms with Crippen LogP contribution in [0.2, 0.25) is 0 Å². The van der Waals surface area contributed by atoms with Gasteiger partial charge in [-0.3, -0.25) is 0 Å². The first-order chi connectivity index (χ1) is 6.47. The number of urea groups is 1. The topological polar surface area (TPSA) is 35.6 Å². The molecule has 86 valence electrons. The van der Waals surface area contributed by atoms with Crippen LogP contribution in [-0.4, -0.2) is 55.6 Å². The molecule has 0 unspecified atom stereocenters. The Morgan fingerprint density at radius 2 is 1.93 bits per heavy atom. The predicted molar refractivity (Wildman–Crippen MR) is 61.6 cm³/mol. The van der Waals surface area contributed by atoms with Crippen LogP contribution in [0.25, 0.3) is 0 Å². The molecule has 0 rings (SSSR count). The van der Waals surface area contributed by atoms with Crippen LogP contribution >= 0.6 is 0 Å². The van der Waals surface area contributed by atoms with E-state index in [1.54, 1.807) is 0 Å². The van der Waals surface area contributed by atoms with E-state index in [9.17, 15) is 4.79 Å². The Bertz CT molecular complexity index is 174. The molecule has 14 heavy (non-hydrogen) atoms. The third-order valence-electron chi connectivity index (χ3n) is 1.90.